The summed E-state index contributed by atoms with van der Waals surface area (Å²) in [6.07, 6.45) is 6.66. The van der Waals surface area contributed by atoms with Gasteiger partial charge in [0.15, 0.2) is 0 Å². The van der Waals surface area contributed by atoms with Crippen LogP contribution in [0.3, 0.4) is 0 Å². The van der Waals surface area contributed by atoms with Gasteiger partial charge in [0.1, 0.15) is 11.6 Å². The Balaban J connectivity index is 2.10. The predicted octanol–water partition coefficient (Wildman–Crippen LogP) is 7.08. The molecule has 0 bridgehead atoms. The number of phenolic OH excluding ortho intramolecular Hbond substituents is 1. The Labute approximate surface area is 170 Å². The first kappa shape index (κ1) is 20.4. The monoisotopic (exact) mass is 405 g/mol. The smallest absolute Gasteiger partial charge is 0.130 e. The number of halogens is 1. The molecule has 27 heavy (non-hydrogen) atoms. The molecule has 0 aliphatic carbocycles. The number of aromatic hydroxyl groups is 1. The zero-order valence-electron chi connectivity index (χ0n) is 16.3. The molecule has 2 aromatic carbocycles. The van der Waals surface area contributed by atoms with Crippen molar-refractivity contribution in [3.63, 3.8) is 0 Å². The number of nitrogens with zero attached hydrogens (tertiary/aromatic N) is 1. The van der Waals surface area contributed by atoms with Crippen molar-refractivity contribution in [2.45, 2.75) is 49.3 Å². The summed E-state index contributed by atoms with van der Waals surface area (Å²) in [5, 5.41) is 10.4. The summed E-state index contributed by atoms with van der Waals surface area (Å²) in [5.41, 5.74) is 2.32. The molecule has 1 atom stereocenters. The van der Waals surface area contributed by atoms with E-state index in [1.807, 2.05) is 36.2 Å². The van der Waals surface area contributed by atoms with Crippen molar-refractivity contribution >= 4 is 34.9 Å². The first-order chi connectivity index (χ1) is 13.0. The number of unbranched alkanes of at least 4 members (excludes halogenated alkanes) is 1. The van der Waals surface area contributed by atoms with Crippen molar-refractivity contribution < 1.29 is 9.50 Å². The molecule has 3 rings (SSSR count). The highest BCUT2D eigenvalue weighted by Crippen LogP contribution is 2.49. The molecule has 2 nitrogen and oxygen atoms in total. The quantitative estimate of drug-likeness (QED) is 0.519. The molecular formula is C22H28FNOS2. The predicted molar refractivity (Wildman–Crippen MR) is 116 cm³/mol. The van der Waals surface area contributed by atoms with Crippen LogP contribution in [-0.4, -0.2) is 23.7 Å². The van der Waals surface area contributed by atoms with E-state index >= 15 is 0 Å². The number of hydrogen-bond acceptors (Lipinski definition) is 4. The number of anilines is 2. The minimum absolute atomic E-state index is 0.198. The first-order valence-corrected chi connectivity index (χ1v) is 11.8. The van der Waals surface area contributed by atoms with E-state index in [4.69, 9.17) is 0 Å². The number of hydrogen-bond donors (Lipinski definition) is 1. The van der Waals surface area contributed by atoms with Crippen LogP contribution in [0.2, 0.25) is 0 Å². The molecule has 0 saturated carbocycles. The second kappa shape index (κ2) is 8.78. The van der Waals surface area contributed by atoms with Crippen LogP contribution in [0.4, 0.5) is 15.8 Å². The van der Waals surface area contributed by atoms with Crippen LogP contribution in [0, 0.1) is 11.2 Å². The highest BCUT2D eigenvalue weighted by atomic mass is 32.2. The fourth-order valence-corrected chi connectivity index (χ4v) is 5.58. The van der Waals surface area contributed by atoms with Gasteiger partial charge in [-0.3, -0.25) is 0 Å². The molecule has 0 fully saturated rings. The Hall–Kier alpha value is -1.33. The number of fused-ring (bicyclic) bond motifs is 1. The average molecular weight is 406 g/mol. The lowest BCUT2D eigenvalue weighted by molar-refractivity contribution is 0.295. The van der Waals surface area contributed by atoms with E-state index in [1.54, 1.807) is 11.8 Å². The SMILES string of the molecule is CCCC[C@@]1(CC)CSc2cc(O)c(SC)cc2N(c2ccc(F)cc2)C1. The third-order valence-corrected chi connectivity index (χ3v) is 7.69. The normalized spacial score (nSPS) is 19.6. The topological polar surface area (TPSA) is 23.5 Å². The summed E-state index contributed by atoms with van der Waals surface area (Å²) in [7, 11) is 0. The van der Waals surface area contributed by atoms with Gasteiger partial charge < -0.3 is 10.0 Å². The van der Waals surface area contributed by atoms with Gasteiger partial charge in [0.2, 0.25) is 0 Å². The molecular weight excluding hydrogens is 377 g/mol. The van der Waals surface area contributed by atoms with Crippen molar-refractivity contribution in [2.24, 2.45) is 5.41 Å². The lowest BCUT2D eigenvalue weighted by Gasteiger charge is -2.37. The fraction of sp³-hybridized carbons (Fsp3) is 0.455. The molecule has 5 heteroatoms. The Bertz CT molecular complexity index is 781. The van der Waals surface area contributed by atoms with E-state index in [0.717, 1.165) is 39.9 Å². The van der Waals surface area contributed by atoms with Crippen LogP contribution < -0.4 is 4.90 Å². The van der Waals surface area contributed by atoms with E-state index in [0.29, 0.717) is 5.75 Å². The largest absolute Gasteiger partial charge is 0.507 e. The molecule has 1 N–H and O–H groups in total. The third-order valence-electron chi connectivity index (χ3n) is 5.53. The van der Waals surface area contributed by atoms with Gasteiger partial charge in [-0.1, -0.05) is 26.7 Å². The number of rotatable bonds is 6. The summed E-state index contributed by atoms with van der Waals surface area (Å²) in [6, 6.07) is 10.8. The van der Waals surface area contributed by atoms with Gasteiger partial charge in [0.05, 0.1) is 10.6 Å². The molecule has 1 aliphatic rings. The summed E-state index contributed by atoms with van der Waals surface area (Å²) >= 11 is 3.39. The third kappa shape index (κ3) is 4.40. The zero-order chi connectivity index (χ0) is 19.4. The van der Waals surface area contributed by atoms with Gasteiger partial charge in [0.25, 0.3) is 0 Å². The van der Waals surface area contributed by atoms with Crippen molar-refractivity contribution in [2.75, 3.05) is 23.5 Å². The summed E-state index contributed by atoms with van der Waals surface area (Å²) in [4.78, 5) is 4.30. The van der Waals surface area contributed by atoms with E-state index in [2.05, 4.69) is 24.8 Å². The maximum atomic E-state index is 13.5. The van der Waals surface area contributed by atoms with Gasteiger partial charge >= 0.3 is 0 Å². The molecule has 0 amide bonds. The van der Waals surface area contributed by atoms with Crippen molar-refractivity contribution in [1.82, 2.24) is 0 Å². The minimum Gasteiger partial charge on any atom is -0.507 e. The number of benzene rings is 2. The minimum atomic E-state index is -0.216. The summed E-state index contributed by atoms with van der Waals surface area (Å²) in [6.45, 7) is 5.43. The van der Waals surface area contributed by atoms with Crippen LogP contribution >= 0.6 is 23.5 Å². The highest BCUT2D eigenvalue weighted by Gasteiger charge is 2.35. The molecule has 0 spiro atoms. The van der Waals surface area contributed by atoms with E-state index in [9.17, 15) is 9.50 Å². The van der Waals surface area contributed by atoms with Crippen LogP contribution in [0.1, 0.15) is 39.5 Å². The van der Waals surface area contributed by atoms with E-state index in [1.165, 1.54) is 31.4 Å². The van der Waals surface area contributed by atoms with E-state index < -0.39 is 0 Å². The Kier molecular flexibility index (Phi) is 6.64. The van der Waals surface area contributed by atoms with Crippen LogP contribution in [0.5, 0.6) is 5.75 Å². The first-order valence-electron chi connectivity index (χ1n) is 9.59. The number of thioether (sulfide) groups is 2. The second-order valence-electron chi connectivity index (χ2n) is 7.30. The van der Waals surface area contributed by atoms with Crippen molar-refractivity contribution in [3.05, 3.63) is 42.2 Å². The second-order valence-corrected chi connectivity index (χ2v) is 9.17. The van der Waals surface area contributed by atoms with E-state index in [-0.39, 0.29) is 11.2 Å². The molecule has 2 aromatic rings. The van der Waals surface area contributed by atoms with Crippen molar-refractivity contribution in [3.8, 4) is 5.75 Å². The van der Waals surface area contributed by atoms with Crippen LogP contribution in [0.25, 0.3) is 0 Å². The molecule has 1 aliphatic heterocycles. The Morgan fingerprint density at radius 1 is 1.22 bits per heavy atom. The Morgan fingerprint density at radius 2 is 1.96 bits per heavy atom. The highest BCUT2D eigenvalue weighted by molar-refractivity contribution is 7.99. The van der Waals surface area contributed by atoms with Gasteiger partial charge in [-0.2, -0.15) is 0 Å². The fourth-order valence-electron chi connectivity index (χ4n) is 3.67. The average Bonchev–Trinajstić information content (AvgIpc) is 2.84. The van der Waals surface area contributed by atoms with Gasteiger partial charge in [-0.15, -0.1) is 23.5 Å². The summed E-state index contributed by atoms with van der Waals surface area (Å²) < 4.78 is 13.5. The lowest BCUT2D eigenvalue weighted by atomic mass is 9.81. The van der Waals surface area contributed by atoms with Crippen LogP contribution in [-0.2, 0) is 0 Å². The molecule has 0 unspecified atom stereocenters. The standard InChI is InChI=1S/C22H28FNOS2/c1-4-6-11-22(5-2)14-24(17-9-7-16(23)8-10-17)18-12-21(26-3)19(25)13-20(18)27-15-22/h7-10,12-13,25H,4-6,11,14-15H2,1-3H3/t22-/m1/s1. The zero-order valence-corrected chi connectivity index (χ0v) is 17.9. The lowest BCUT2D eigenvalue weighted by Crippen LogP contribution is -2.36. The Morgan fingerprint density at radius 3 is 2.59 bits per heavy atom. The maximum Gasteiger partial charge on any atom is 0.130 e. The van der Waals surface area contributed by atoms with Gasteiger partial charge in [0, 0.05) is 22.9 Å². The summed E-state index contributed by atoms with van der Waals surface area (Å²) in [5.74, 6) is 1.16. The van der Waals surface area contributed by atoms with Gasteiger partial charge in [-0.25, -0.2) is 4.39 Å². The molecule has 0 aromatic heterocycles. The molecule has 146 valence electrons. The van der Waals surface area contributed by atoms with Crippen molar-refractivity contribution in [1.29, 1.82) is 0 Å². The maximum absolute atomic E-state index is 13.5. The molecule has 1 heterocycles. The van der Waals surface area contributed by atoms with Crippen LogP contribution in [0.15, 0.2) is 46.2 Å². The number of phenols is 1. The molecule has 0 saturated heterocycles. The molecule has 0 radical (unpaired) electrons. The van der Waals surface area contributed by atoms with Gasteiger partial charge in [-0.05, 0) is 60.9 Å².